The Morgan fingerprint density at radius 2 is 1.73 bits per heavy atom. The molecule has 0 aliphatic heterocycles. The van der Waals surface area contributed by atoms with Crippen LogP contribution in [0.5, 0.6) is 0 Å². The third-order valence-electron chi connectivity index (χ3n) is 4.80. The molecule has 5 nitrogen and oxygen atoms in total. The highest BCUT2D eigenvalue weighted by Gasteiger charge is 2.23. The van der Waals surface area contributed by atoms with E-state index in [0.29, 0.717) is 5.56 Å². The van der Waals surface area contributed by atoms with Crippen LogP contribution in [-0.4, -0.2) is 20.6 Å². The number of halogens is 1. The van der Waals surface area contributed by atoms with Gasteiger partial charge < -0.3 is 5.32 Å². The zero-order chi connectivity index (χ0) is 22.7. The van der Waals surface area contributed by atoms with Crippen molar-refractivity contribution in [3.63, 3.8) is 0 Å². The molecule has 0 saturated heterocycles. The van der Waals surface area contributed by atoms with Gasteiger partial charge in [-0.25, -0.2) is 12.8 Å². The van der Waals surface area contributed by atoms with Gasteiger partial charge in [-0.05, 0) is 34.2 Å². The molecule has 0 saturated carbocycles. The van der Waals surface area contributed by atoms with Gasteiger partial charge in [0.05, 0.1) is 17.9 Å². The van der Waals surface area contributed by atoms with Gasteiger partial charge in [-0.1, -0.05) is 58.0 Å². The first-order chi connectivity index (χ1) is 13.8. The number of amides is 1. The average molecular weight is 453 g/mol. The van der Waals surface area contributed by atoms with E-state index in [9.17, 15) is 17.6 Å². The summed E-state index contributed by atoms with van der Waals surface area (Å²) in [5, 5.41) is 2.51. The smallest absolute Gasteiger partial charge is 0.229 e. The fourth-order valence-electron chi connectivity index (χ4n) is 2.91. The van der Waals surface area contributed by atoms with Gasteiger partial charge in [-0.2, -0.15) is 12.6 Å². The summed E-state index contributed by atoms with van der Waals surface area (Å²) in [5.41, 5.74) is 2.61. The molecule has 2 rings (SSSR count). The molecule has 0 bridgehead atoms. The fourth-order valence-corrected chi connectivity index (χ4v) is 3.79. The molecule has 0 aliphatic carbocycles. The Bertz CT molecular complexity index is 1000. The maximum Gasteiger partial charge on any atom is 0.229 e. The van der Waals surface area contributed by atoms with Crippen LogP contribution in [0.1, 0.15) is 49.6 Å². The van der Waals surface area contributed by atoms with Gasteiger partial charge in [0.2, 0.25) is 15.9 Å². The number of nitrogens with one attached hydrogen (secondary N) is 2. The van der Waals surface area contributed by atoms with Gasteiger partial charge in [-0.3, -0.25) is 9.52 Å². The van der Waals surface area contributed by atoms with E-state index in [1.807, 2.05) is 12.1 Å². The van der Waals surface area contributed by atoms with Crippen LogP contribution in [0.15, 0.2) is 42.5 Å². The maximum absolute atomic E-state index is 14.1. The van der Waals surface area contributed by atoms with Crippen molar-refractivity contribution in [3.8, 4) is 0 Å². The Morgan fingerprint density at radius 1 is 1.13 bits per heavy atom. The van der Waals surface area contributed by atoms with Gasteiger partial charge >= 0.3 is 0 Å². The number of hydrogen-bond donors (Lipinski definition) is 3. The van der Waals surface area contributed by atoms with Crippen molar-refractivity contribution in [2.45, 2.75) is 44.9 Å². The van der Waals surface area contributed by atoms with Crippen molar-refractivity contribution in [2.75, 3.05) is 11.0 Å². The normalized spacial score (nSPS) is 14.1. The molecule has 0 radical (unpaired) electrons. The lowest BCUT2D eigenvalue weighted by Gasteiger charge is -2.22. The van der Waals surface area contributed by atoms with Gasteiger partial charge in [0.1, 0.15) is 5.82 Å². The van der Waals surface area contributed by atoms with Crippen molar-refractivity contribution < 1.29 is 17.6 Å². The molecule has 0 spiro atoms. The van der Waals surface area contributed by atoms with Crippen LogP contribution in [0.2, 0.25) is 0 Å². The molecular weight excluding hydrogens is 423 g/mol. The van der Waals surface area contributed by atoms with E-state index in [1.54, 1.807) is 13.0 Å². The molecule has 0 aliphatic rings. The largest absolute Gasteiger partial charge is 0.352 e. The Labute approximate surface area is 183 Å². The van der Waals surface area contributed by atoms with Crippen molar-refractivity contribution in [1.82, 2.24) is 5.32 Å². The highest BCUT2D eigenvalue weighted by atomic mass is 32.2. The molecule has 164 valence electrons. The number of hydrogen-bond acceptors (Lipinski definition) is 4. The van der Waals surface area contributed by atoms with E-state index in [-0.39, 0.29) is 28.8 Å². The van der Waals surface area contributed by atoms with E-state index in [2.05, 4.69) is 55.6 Å². The van der Waals surface area contributed by atoms with Crippen LogP contribution in [0, 0.1) is 11.7 Å². The fraction of sp³-hybridized carbons (Fsp3) is 0.409. The Morgan fingerprint density at radius 3 is 2.23 bits per heavy atom. The number of carbonyl (C=O) groups excluding carboxylic acids is 1. The number of rotatable bonds is 7. The Balaban J connectivity index is 1.99. The second kappa shape index (κ2) is 9.39. The molecule has 2 atom stereocenters. The molecule has 0 fully saturated rings. The molecule has 1 amide bonds. The standard InChI is InChI=1S/C22H29FN2O3S2/c1-14(20(29)16-7-9-17(10-8-16)22(2,3)4)21(26)24-13-15-6-11-19(18(23)12-15)25-30(5,27)28/h6-12,14,20,25,29H,13H2,1-5H3,(H,24,26). The number of sulfonamides is 1. The summed E-state index contributed by atoms with van der Waals surface area (Å²) >= 11 is 4.62. The lowest BCUT2D eigenvalue weighted by atomic mass is 9.86. The third-order valence-corrected chi connectivity index (χ3v) is 6.14. The summed E-state index contributed by atoms with van der Waals surface area (Å²) in [6, 6.07) is 12.2. The maximum atomic E-state index is 14.1. The van der Waals surface area contributed by atoms with Crippen molar-refractivity contribution in [2.24, 2.45) is 5.92 Å². The zero-order valence-electron chi connectivity index (χ0n) is 17.9. The summed E-state index contributed by atoms with van der Waals surface area (Å²) in [7, 11) is -3.56. The SMILES string of the molecule is CC(C(=O)NCc1ccc(NS(C)(=O)=O)c(F)c1)C(S)c1ccc(C(C)(C)C)cc1. The van der Waals surface area contributed by atoms with Crippen LogP contribution in [0.4, 0.5) is 10.1 Å². The Hall–Kier alpha value is -2.06. The molecule has 8 heteroatoms. The second-order valence-corrected chi connectivity index (χ2v) is 10.8. The van der Waals surface area contributed by atoms with Crippen LogP contribution >= 0.6 is 12.6 Å². The van der Waals surface area contributed by atoms with E-state index in [0.717, 1.165) is 11.8 Å². The number of thiol groups is 1. The summed E-state index contributed by atoms with van der Waals surface area (Å²) in [4.78, 5) is 12.6. The minimum absolute atomic E-state index is 0.0509. The number of benzene rings is 2. The van der Waals surface area contributed by atoms with Crippen LogP contribution in [-0.2, 0) is 26.8 Å². The minimum Gasteiger partial charge on any atom is -0.352 e. The van der Waals surface area contributed by atoms with E-state index in [1.165, 1.54) is 17.7 Å². The van der Waals surface area contributed by atoms with Crippen molar-refractivity contribution in [3.05, 3.63) is 65.0 Å². The van der Waals surface area contributed by atoms with E-state index >= 15 is 0 Å². The predicted molar refractivity (Wildman–Crippen MR) is 123 cm³/mol. The molecule has 2 N–H and O–H groups in total. The first kappa shape index (κ1) is 24.2. The number of anilines is 1. The Kier molecular flexibility index (Phi) is 7.58. The highest BCUT2D eigenvalue weighted by Crippen LogP contribution is 2.31. The highest BCUT2D eigenvalue weighted by molar-refractivity contribution is 7.92. The third kappa shape index (κ3) is 6.74. The minimum atomic E-state index is -3.56. The molecule has 0 heterocycles. The van der Waals surface area contributed by atoms with Crippen molar-refractivity contribution >= 4 is 34.2 Å². The molecule has 2 unspecified atom stereocenters. The first-order valence-electron chi connectivity index (χ1n) is 9.60. The van der Waals surface area contributed by atoms with Crippen LogP contribution < -0.4 is 10.0 Å². The molecule has 0 aromatic heterocycles. The molecule has 2 aromatic carbocycles. The summed E-state index contributed by atoms with van der Waals surface area (Å²) in [5.74, 6) is -1.30. The van der Waals surface area contributed by atoms with E-state index < -0.39 is 21.8 Å². The average Bonchev–Trinajstić information content (AvgIpc) is 2.65. The van der Waals surface area contributed by atoms with E-state index in [4.69, 9.17) is 0 Å². The van der Waals surface area contributed by atoms with Crippen molar-refractivity contribution in [1.29, 1.82) is 0 Å². The zero-order valence-corrected chi connectivity index (χ0v) is 19.6. The predicted octanol–water partition coefficient (Wildman–Crippen LogP) is 4.42. The summed E-state index contributed by atoms with van der Waals surface area (Å²) in [6.07, 6.45) is 0.951. The first-order valence-corrected chi connectivity index (χ1v) is 12.0. The summed E-state index contributed by atoms with van der Waals surface area (Å²) < 4.78 is 38.7. The quantitative estimate of drug-likeness (QED) is 0.545. The van der Waals surface area contributed by atoms with Gasteiger partial charge in [0.25, 0.3) is 0 Å². The summed E-state index contributed by atoms with van der Waals surface area (Å²) in [6.45, 7) is 8.35. The van der Waals surface area contributed by atoms with Crippen LogP contribution in [0.25, 0.3) is 0 Å². The van der Waals surface area contributed by atoms with Crippen LogP contribution in [0.3, 0.4) is 0 Å². The molecular formula is C22H29FN2O3S2. The van der Waals surface area contributed by atoms with Gasteiger partial charge in [0.15, 0.2) is 0 Å². The molecule has 2 aromatic rings. The monoisotopic (exact) mass is 452 g/mol. The lowest BCUT2D eigenvalue weighted by Crippen LogP contribution is -2.31. The van der Waals surface area contributed by atoms with Gasteiger partial charge in [0, 0.05) is 11.8 Å². The second-order valence-electron chi connectivity index (χ2n) is 8.51. The molecule has 30 heavy (non-hydrogen) atoms. The lowest BCUT2D eigenvalue weighted by molar-refractivity contribution is -0.124. The number of carbonyl (C=O) groups is 1. The van der Waals surface area contributed by atoms with Gasteiger partial charge in [-0.15, -0.1) is 0 Å². The topological polar surface area (TPSA) is 75.3 Å².